The van der Waals surface area contributed by atoms with Crippen LogP contribution >= 0.6 is 7.52 Å². The molecule has 0 amide bonds. The highest BCUT2D eigenvalue weighted by molar-refractivity contribution is 7.56. The number of methoxy groups -OCH3 is 1. The Morgan fingerprint density at radius 1 is 1.26 bits per heavy atom. The summed E-state index contributed by atoms with van der Waals surface area (Å²) >= 11 is 0. The van der Waals surface area contributed by atoms with Gasteiger partial charge in [-0.2, -0.15) is 9.97 Å². The minimum Gasteiger partial charge on any atom is -0.479 e. The molecular formula is C21H31N6O6P. The van der Waals surface area contributed by atoms with E-state index in [1.54, 1.807) is 24.7 Å². The predicted octanol–water partition coefficient (Wildman–Crippen LogP) is 2.13. The Labute approximate surface area is 197 Å². The quantitative estimate of drug-likeness (QED) is 0.171. The first-order chi connectivity index (χ1) is 16.3. The molecular weight excluding hydrogens is 463 g/mol. The summed E-state index contributed by atoms with van der Waals surface area (Å²) in [6.07, 6.45) is 0.224. The van der Waals surface area contributed by atoms with E-state index in [-0.39, 0.29) is 31.4 Å². The molecule has 3 rings (SSSR count). The maximum absolute atomic E-state index is 13.5. The number of anilines is 1. The van der Waals surface area contributed by atoms with Crippen LogP contribution in [0.2, 0.25) is 0 Å². The van der Waals surface area contributed by atoms with Crippen molar-refractivity contribution in [3.63, 3.8) is 0 Å². The van der Waals surface area contributed by atoms with Crippen molar-refractivity contribution < 1.29 is 28.4 Å². The number of fused-ring (bicyclic) bond motifs is 1. The van der Waals surface area contributed by atoms with Crippen LogP contribution in [0.5, 0.6) is 5.88 Å². The third-order valence-electron chi connectivity index (χ3n) is 4.83. The number of hydrogen-bond acceptors (Lipinski definition) is 10. The number of imidazole rings is 1. The lowest BCUT2D eigenvalue weighted by Crippen LogP contribution is -2.38. The van der Waals surface area contributed by atoms with E-state index in [0.29, 0.717) is 24.3 Å². The van der Waals surface area contributed by atoms with Crippen LogP contribution < -0.4 is 15.6 Å². The van der Waals surface area contributed by atoms with E-state index in [4.69, 9.17) is 24.5 Å². The van der Waals surface area contributed by atoms with E-state index in [1.165, 1.54) is 7.11 Å². The molecule has 0 spiro atoms. The van der Waals surface area contributed by atoms with E-state index in [2.05, 4.69) is 20.0 Å². The standard InChI is InChI=1S/C21H31N6O6P/c1-4-32-20(28)15(2)26-34(29,33-12-16-8-6-5-7-9-16)14-31-11-10-27-13-23-17-18(27)24-21(22)25-19(17)30-3/h5-9,13,15,20,28H,4,10-12,14H2,1-3H3,(H,26,29)(H2,22,24,25)/t15-,20?,34?/m1/s1. The largest absolute Gasteiger partial charge is 0.479 e. The number of aromatic nitrogens is 4. The van der Waals surface area contributed by atoms with Crippen LogP contribution in [0.25, 0.3) is 11.2 Å². The Morgan fingerprint density at radius 2 is 2.03 bits per heavy atom. The van der Waals surface area contributed by atoms with Crippen molar-refractivity contribution in [1.29, 1.82) is 0 Å². The molecule has 186 valence electrons. The highest BCUT2D eigenvalue weighted by atomic mass is 31.2. The fourth-order valence-corrected chi connectivity index (χ4v) is 4.84. The minimum atomic E-state index is -3.50. The third-order valence-corrected chi connectivity index (χ3v) is 6.70. The van der Waals surface area contributed by atoms with Crippen molar-refractivity contribution in [3.05, 3.63) is 42.2 Å². The van der Waals surface area contributed by atoms with E-state index >= 15 is 0 Å². The van der Waals surface area contributed by atoms with Gasteiger partial charge in [-0.25, -0.2) is 10.1 Å². The number of hydrogen-bond donors (Lipinski definition) is 3. The molecule has 2 aromatic heterocycles. The average molecular weight is 494 g/mol. The van der Waals surface area contributed by atoms with E-state index < -0.39 is 19.9 Å². The maximum atomic E-state index is 13.5. The van der Waals surface area contributed by atoms with Gasteiger partial charge in [-0.15, -0.1) is 0 Å². The Hall–Kier alpha value is -2.60. The van der Waals surface area contributed by atoms with Crippen LogP contribution in [-0.4, -0.2) is 63.6 Å². The Balaban J connectivity index is 1.63. The monoisotopic (exact) mass is 494 g/mol. The van der Waals surface area contributed by atoms with Gasteiger partial charge in [-0.05, 0) is 19.4 Å². The SMILES string of the molecule is CCOC(O)[C@@H](C)NP(=O)(COCCn1cnc2c(OC)nc(N)nc21)OCc1ccccc1. The summed E-state index contributed by atoms with van der Waals surface area (Å²) in [4.78, 5) is 12.5. The first-order valence-electron chi connectivity index (χ1n) is 10.8. The zero-order valence-electron chi connectivity index (χ0n) is 19.5. The van der Waals surface area contributed by atoms with Gasteiger partial charge in [0.25, 0.3) is 7.52 Å². The molecule has 4 N–H and O–H groups in total. The minimum absolute atomic E-state index is 0.0666. The first-order valence-corrected chi connectivity index (χ1v) is 12.6. The van der Waals surface area contributed by atoms with Crippen LogP contribution in [0, 0.1) is 0 Å². The molecule has 0 bridgehead atoms. The zero-order valence-corrected chi connectivity index (χ0v) is 20.4. The fraction of sp³-hybridized carbons (Fsp3) is 0.476. The molecule has 12 nitrogen and oxygen atoms in total. The lowest BCUT2D eigenvalue weighted by atomic mass is 10.2. The van der Waals surface area contributed by atoms with Gasteiger partial charge in [-0.3, -0.25) is 4.57 Å². The van der Waals surface area contributed by atoms with Gasteiger partial charge in [0.05, 0.1) is 32.7 Å². The van der Waals surface area contributed by atoms with Crippen LogP contribution in [0.3, 0.4) is 0 Å². The topological polar surface area (TPSA) is 156 Å². The Morgan fingerprint density at radius 3 is 2.74 bits per heavy atom. The van der Waals surface area contributed by atoms with Crippen molar-refractivity contribution in [2.45, 2.75) is 39.3 Å². The van der Waals surface area contributed by atoms with Crippen molar-refractivity contribution in [1.82, 2.24) is 24.6 Å². The van der Waals surface area contributed by atoms with Crippen molar-refractivity contribution >= 4 is 24.6 Å². The summed E-state index contributed by atoms with van der Waals surface area (Å²) in [5.41, 5.74) is 7.59. The van der Waals surface area contributed by atoms with E-state index in [1.807, 2.05) is 30.3 Å². The number of ether oxygens (including phenoxy) is 3. The molecule has 0 fully saturated rings. The van der Waals surface area contributed by atoms with Crippen LogP contribution in [0.1, 0.15) is 19.4 Å². The number of nitrogens with one attached hydrogen (secondary N) is 1. The summed E-state index contributed by atoms with van der Waals surface area (Å²) in [6, 6.07) is 8.73. The van der Waals surface area contributed by atoms with Gasteiger partial charge < -0.3 is 34.1 Å². The van der Waals surface area contributed by atoms with Gasteiger partial charge in [0.1, 0.15) is 6.35 Å². The van der Waals surface area contributed by atoms with Gasteiger partial charge in [-0.1, -0.05) is 30.3 Å². The summed E-state index contributed by atoms with van der Waals surface area (Å²) in [5.74, 6) is 0.351. The van der Waals surface area contributed by atoms with Gasteiger partial charge in [0.15, 0.2) is 17.5 Å². The molecule has 0 saturated heterocycles. The Bertz CT molecular complexity index is 1100. The molecule has 0 saturated carbocycles. The second-order valence-corrected chi connectivity index (χ2v) is 9.56. The molecule has 1 aromatic carbocycles. The van der Waals surface area contributed by atoms with Crippen LogP contribution in [0.15, 0.2) is 36.7 Å². The van der Waals surface area contributed by atoms with Gasteiger partial charge in [0, 0.05) is 13.2 Å². The van der Waals surface area contributed by atoms with Crippen LogP contribution in [-0.2, 0) is 31.7 Å². The number of benzene rings is 1. The maximum Gasteiger partial charge on any atom is 0.295 e. The number of aliphatic hydroxyl groups excluding tert-OH is 1. The summed E-state index contributed by atoms with van der Waals surface area (Å²) in [7, 11) is -2.02. The van der Waals surface area contributed by atoms with E-state index in [0.717, 1.165) is 5.56 Å². The van der Waals surface area contributed by atoms with Crippen molar-refractivity contribution in [2.24, 2.45) is 0 Å². The summed E-state index contributed by atoms with van der Waals surface area (Å²) in [5, 5.41) is 12.9. The fourth-order valence-electron chi connectivity index (χ4n) is 3.14. The molecule has 34 heavy (non-hydrogen) atoms. The highest BCUT2D eigenvalue weighted by Gasteiger charge is 2.29. The molecule has 0 aliphatic heterocycles. The summed E-state index contributed by atoms with van der Waals surface area (Å²) in [6.45, 7) is 4.42. The van der Waals surface area contributed by atoms with Crippen LogP contribution in [0.4, 0.5) is 5.95 Å². The molecule has 3 aromatic rings. The Kier molecular flexibility index (Phi) is 9.34. The summed E-state index contributed by atoms with van der Waals surface area (Å²) < 4.78 is 37.1. The second kappa shape index (κ2) is 12.2. The lowest BCUT2D eigenvalue weighted by Gasteiger charge is -2.26. The molecule has 0 radical (unpaired) electrons. The van der Waals surface area contributed by atoms with Gasteiger partial charge in [0.2, 0.25) is 11.8 Å². The van der Waals surface area contributed by atoms with E-state index in [9.17, 15) is 9.67 Å². The van der Waals surface area contributed by atoms with Crippen molar-refractivity contribution in [2.75, 3.05) is 32.4 Å². The third kappa shape index (κ3) is 6.95. The number of nitrogens with zero attached hydrogens (tertiary/aromatic N) is 4. The lowest BCUT2D eigenvalue weighted by molar-refractivity contribution is -0.109. The number of nitrogen functional groups attached to an aromatic ring is 1. The van der Waals surface area contributed by atoms with Gasteiger partial charge >= 0.3 is 0 Å². The molecule has 0 aliphatic carbocycles. The zero-order chi connectivity index (χ0) is 24.6. The van der Waals surface area contributed by atoms with Crippen molar-refractivity contribution in [3.8, 4) is 5.88 Å². The number of aliphatic hydroxyl groups is 1. The second-order valence-electron chi connectivity index (χ2n) is 7.43. The molecule has 0 aliphatic rings. The molecule has 13 heteroatoms. The smallest absolute Gasteiger partial charge is 0.295 e. The predicted molar refractivity (Wildman–Crippen MR) is 126 cm³/mol. The average Bonchev–Trinajstić information content (AvgIpc) is 3.23. The first kappa shape index (κ1) is 26.0. The number of rotatable bonds is 14. The normalized spacial score (nSPS) is 15.2. The molecule has 2 unspecified atom stereocenters. The number of nitrogens with two attached hydrogens (primary N) is 1. The highest BCUT2D eigenvalue weighted by Crippen LogP contribution is 2.44. The molecule has 3 atom stereocenters. The molecule has 2 heterocycles.